The summed E-state index contributed by atoms with van der Waals surface area (Å²) < 4.78 is 5.27. The first-order valence-electron chi connectivity index (χ1n) is 4.41. The van der Waals surface area contributed by atoms with Gasteiger partial charge in [0.15, 0.2) is 0 Å². The van der Waals surface area contributed by atoms with Gasteiger partial charge in [0.25, 0.3) is 0 Å². The lowest BCUT2D eigenvalue weighted by Gasteiger charge is -2.12. The van der Waals surface area contributed by atoms with E-state index in [1.807, 2.05) is 38.2 Å². The highest BCUT2D eigenvalue weighted by Crippen LogP contribution is 2.26. The van der Waals surface area contributed by atoms with Gasteiger partial charge in [-0.2, -0.15) is 0 Å². The molecule has 3 heteroatoms. The molecule has 1 aromatic carbocycles. The summed E-state index contributed by atoms with van der Waals surface area (Å²) in [6.45, 7) is 1.95. The van der Waals surface area contributed by atoms with Crippen LogP contribution in [0.5, 0.6) is 5.75 Å². The van der Waals surface area contributed by atoms with Crippen LogP contribution in [0.4, 0.5) is 0 Å². The van der Waals surface area contributed by atoms with Crippen LogP contribution in [-0.4, -0.2) is 14.2 Å². The van der Waals surface area contributed by atoms with Gasteiger partial charge in [-0.3, -0.25) is 0 Å². The van der Waals surface area contributed by atoms with Crippen molar-refractivity contribution >= 4 is 18.3 Å². The van der Waals surface area contributed by atoms with Crippen LogP contribution >= 0.6 is 12.6 Å². The molecule has 2 nitrogen and oxygen atoms in total. The molecule has 1 aromatic rings. The quantitative estimate of drug-likeness (QED) is 0.746. The summed E-state index contributed by atoms with van der Waals surface area (Å²) in [7, 11) is 3.54. The number of thiol groups is 1. The first-order valence-corrected chi connectivity index (χ1v) is 4.86. The molecule has 14 heavy (non-hydrogen) atoms. The molecule has 0 radical (unpaired) electrons. The summed E-state index contributed by atoms with van der Waals surface area (Å²) in [5.41, 5.74) is 2.02. The molecule has 0 atom stereocenters. The molecule has 0 unspecified atom stereocenters. The molecule has 0 aliphatic rings. The minimum absolute atomic E-state index is 0.852. The van der Waals surface area contributed by atoms with Crippen molar-refractivity contribution < 1.29 is 4.74 Å². The largest absolute Gasteiger partial charge is 0.496 e. The Balaban J connectivity index is 3.23. The fourth-order valence-corrected chi connectivity index (χ4v) is 1.59. The predicted octanol–water partition coefficient (Wildman–Crippen LogP) is 2.53. The van der Waals surface area contributed by atoms with Gasteiger partial charge in [0.05, 0.1) is 12.8 Å². The minimum Gasteiger partial charge on any atom is -0.496 e. The van der Waals surface area contributed by atoms with E-state index in [4.69, 9.17) is 4.74 Å². The molecule has 0 spiro atoms. The van der Waals surface area contributed by atoms with Gasteiger partial charge in [0.1, 0.15) is 5.75 Å². The Morgan fingerprint density at radius 3 is 2.50 bits per heavy atom. The highest BCUT2D eigenvalue weighted by atomic mass is 32.1. The van der Waals surface area contributed by atoms with Gasteiger partial charge in [-0.25, -0.2) is 0 Å². The van der Waals surface area contributed by atoms with E-state index in [9.17, 15) is 0 Å². The average molecular weight is 209 g/mol. The molecular formula is C11H15NOS. The molecular weight excluding hydrogens is 194 g/mol. The van der Waals surface area contributed by atoms with E-state index in [1.165, 1.54) is 0 Å². The normalized spacial score (nSPS) is 12.0. The second-order valence-corrected chi connectivity index (χ2v) is 3.58. The zero-order valence-corrected chi connectivity index (χ0v) is 9.56. The summed E-state index contributed by atoms with van der Waals surface area (Å²) in [5, 5.41) is 3.12. The van der Waals surface area contributed by atoms with Crippen LogP contribution in [0.15, 0.2) is 29.2 Å². The predicted molar refractivity (Wildman–Crippen MR) is 63.6 cm³/mol. The summed E-state index contributed by atoms with van der Waals surface area (Å²) in [6.07, 6.45) is 0. The monoisotopic (exact) mass is 209 g/mol. The maximum absolute atomic E-state index is 5.27. The number of rotatable bonds is 3. The standard InChI is InChI=1S/C11H15NOS/c1-8(14)11(12-2)9-6-4-5-7-10(9)13-3/h4-7,12,14H,1-3H3/b11-8-. The van der Waals surface area contributed by atoms with Crippen molar-refractivity contribution in [2.24, 2.45) is 0 Å². The first-order chi connectivity index (χ1) is 6.70. The summed E-state index contributed by atoms with van der Waals surface area (Å²) in [4.78, 5) is 0.942. The van der Waals surface area contributed by atoms with Crippen LogP contribution in [0.25, 0.3) is 5.70 Å². The van der Waals surface area contributed by atoms with E-state index < -0.39 is 0 Å². The summed E-state index contributed by atoms with van der Waals surface area (Å²) >= 11 is 4.33. The fraction of sp³-hybridized carbons (Fsp3) is 0.273. The lowest BCUT2D eigenvalue weighted by molar-refractivity contribution is 0.413. The lowest BCUT2D eigenvalue weighted by atomic mass is 10.1. The third-order valence-electron chi connectivity index (χ3n) is 1.99. The van der Waals surface area contributed by atoms with Crippen molar-refractivity contribution in [3.8, 4) is 5.75 Å². The van der Waals surface area contributed by atoms with Gasteiger partial charge in [-0.15, -0.1) is 12.6 Å². The van der Waals surface area contributed by atoms with Crippen molar-refractivity contribution in [3.05, 3.63) is 34.7 Å². The molecule has 0 heterocycles. The van der Waals surface area contributed by atoms with E-state index in [1.54, 1.807) is 7.11 Å². The lowest BCUT2D eigenvalue weighted by Crippen LogP contribution is -2.07. The van der Waals surface area contributed by atoms with Gasteiger partial charge in [-0.05, 0) is 19.1 Å². The Labute approximate surface area is 90.4 Å². The van der Waals surface area contributed by atoms with Crippen molar-refractivity contribution in [1.29, 1.82) is 0 Å². The molecule has 0 aliphatic carbocycles. The Bertz CT molecular complexity index is 343. The van der Waals surface area contributed by atoms with Crippen LogP contribution in [0.3, 0.4) is 0 Å². The number of benzene rings is 1. The molecule has 0 fully saturated rings. The molecule has 0 bridgehead atoms. The molecule has 0 amide bonds. The Morgan fingerprint density at radius 1 is 1.36 bits per heavy atom. The molecule has 1 N–H and O–H groups in total. The van der Waals surface area contributed by atoms with Crippen molar-refractivity contribution in [3.63, 3.8) is 0 Å². The van der Waals surface area contributed by atoms with Gasteiger partial charge >= 0.3 is 0 Å². The molecule has 0 saturated heterocycles. The molecule has 76 valence electrons. The van der Waals surface area contributed by atoms with Crippen LogP contribution in [0.1, 0.15) is 12.5 Å². The second-order valence-electron chi connectivity index (χ2n) is 2.91. The number of hydrogen-bond donors (Lipinski definition) is 2. The average Bonchev–Trinajstić information content (AvgIpc) is 2.19. The topological polar surface area (TPSA) is 21.3 Å². The fourth-order valence-electron chi connectivity index (χ4n) is 1.36. The number of nitrogens with one attached hydrogen (secondary N) is 1. The molecule has 0 aromatic heterocycles. The van der Waals surface area contributed by atoms with Crippen molar-refractivity contribution in [1.82, 2.24) is 5.32 Å². The highest BCUT2D eigenvalue weighted by molar-refractivity contribution is 7.84. The SMILES string of the molecule is CN/C(=C(/C)S)c1ccccc1OC. The van der Waals surface area contributed by atoms with E-state index in [0.717, 1.165) is 21.9 Å². The van der Waals surface area contributed by atoms with Crippen LogP contribution in [0.2, 0.25) is 0 Å². The third kappa shape index (κ3) is 2.23. The number of allylic oxidation sites excluding steroid dienone is 1. The Hall–Kier alpha value is -1.09. The van der Waals surface area contributed by atoms with Crippen molar-refractivity contribution in [2.45, 2.75) is 6.92 Å². The molecule has 0 saturated carbocycles. The number of methoxy groups -OCH3 is 1. The number of para-hydroxylation sites is 1. The van der Waals surface area contributed by atoms with E-state index in [2.05, 4.69) is 17.9 Å². The van der Waals surface area contributed by atoms with Crippen molar-refractivity contribution in [2.75, 3.05) is 14.2 Å². The van der Waals surface area contributed by atoms with E-state index >= 15 is 0 Å². The molecule has 1 rings (SSSR count). The second kappa shape index (κ2) is 4.96. The third-order valence-corrected chi connectivity index (χ3v) is 2.21. The maximum atomic E-state index is 5.27. The van der Waals surface area contributed by atoms with Gasteiger partial charge in [0, 0.05) is 17.5 Å². The Morgan fingerprint density at radius 2 is 2.00 bits per heavy atom. The number of ether oxygens (including phenoxy) is 1. The Kier molecular flexibility index (Phi) is 3.89. The zero-order chi connectivity index (χ0) is 10.6. The van der Waals surface area contributed by atoms with Gasteiger partial charge in [-0.1, -0.05) is 12.1 Å². The van der Waals surface area contributed by atoms with Crippen LogP contribution in [-0.2, 0) is 0 Å². The summed E-state index contributed by atoms with van der Waals surface area (Å²) in [6, 6.07) is 7.86. The molecule has 0 aliphatic heterocycles. The van der Waals surface area contributed by atoms with Crippen LogP contribution < -0.4 is 10.1 Å². The minimum atomic E-state index is 0.852. The van der Waals surface area contributed by atoms with Gasteiger partial charge < -0.3 is 10.1 Å². The summed E-state index contributed by atoms with van der Waals surface area (Å²) in [5.74, 6) is 0.852. The van der Waals surface area contributed by atoms with E-state index in [0.29, 0.717) is 0 Å². The van der Waals surface area contributed by atoms with E-state index in [-0.39, 0.29) is 0 Å². The highest BCUT2D eigenvalue weighted by Gasteiger charge is 2.07. The maximum Gasteiger partial charge on any atom is 0.128 e. The number of hydrogen-bond acceptors (Lipinski definition) is 3. The smallest absolute Gasteiger partial charge is 0.128 e. The van der Waals surface area contributed by atoms with Crippen LogP contribution in [0, 0.1) is 0 Å². The zero-order valence-electron chi connectivity index (χ0n) is 8.66. The van der Waals surface area contributed by atoms with Gasteiger partial charge in [0.2, 0.25) is 0 Å². The first kappa shape index (κ1) is 11.0.